The van der Waals surface area contributed by atoms with E-state index in [9.17, 15) is 4.79 Å². The molecule has 1 N–H and O–H groups in total. The van der Waals surface area contributed by atoms with Gasteiger partial charge in [-0.15, -0.1) is 0 Å². The average molecular weight is 316 g/mol. The molecule has 2 aromatic rings. The second-order valence-corrected chi connectivity index (χ2v) is 6.30. The number of aromatic nitrogens is 1. The van der Waals surface area contributed by atoms with E-state index in [0.717, 1.165) is 29.6 Å². The van der Waals surface area contributed by atoms with Crippen LogP contribution in [0.2, 0.25) is 0 Å². The number of rotatable bonds is 9. The molecule has 1 heterocycles. The van der Waals surface area contributed by atoms with Gasteiger partial charge < -0.3 is 9.73 Å². The molecule has 4 nitrogen and oxygen atoms in total. The zero-order chi connectivity index (χ0) is 16.7. The molecular formula is C19H28N2O2. The molecule has 0 unspecified atom stereocenters. The summed E-state index contributed by atoms with van der Waals surface area (Å²) in [6.45, 7) is 7.20. The Balaban J connectivity index is 1.78. The maximum atomic E-state index is 12.0. The highest BCUT2D eigenvalue weighted by Gasteiger charge is 2.11. The Kier molecular flexibility index (Phi) is 6.63. The predicted octanol–water partition coefficient (Wildman–Crippen LogP) is 4.40. The van der Waals surface area contributed by atoms with E-state index in [-0.39, 0.29) is 5.91 Å². The van der Waals surface area contributed by atoms with E-state index in [4.69, 9.17) is 4.42 Å². The molecule has 0 saturated heterocycles. The zero-order valence-electron chi connectivity index (χ0n) is 14.5. The van der Waals surface area contributed by atoms with Crippen molar-refractivity contribution in [1.29, 1.82) is 0 Å². The third kappa shape index (κ3) is 5.38. The van der Waals surface area contributed by atoms with Crippen LogP contribution in [-0.4, -0.2) is 17.4 Å². The first-order valence-electron chi connectivity index (χ1n) is 8.75. The van der Waals surface area contributed by atoms with Gasteiger partial charge in [0.05, 0.1) is 0 Å². The lowest BCUT2D eigenvalue weighted by Gasteiger charge is -2.15. The molecule has 0 aliphatic rings. The highest BCUT2D eigenvalue weighted by Crippen LogP contribution is 2.17. The molecule has 1 aromatic heterocycles. The molecular weight excluding hydrogens is 288 g/mol. The van der Waals surface area contributed by atoms with Crippen molar-refractivity contribution < 1.29 is 9.21 Å². The van der Waals surface area contributed by atoms with Crippen LogP contribution in [-0.2, 0) is 11.2 Å². The summed E-state index contributed by atoms with van der Waals surface area (Å²) in [5.74, 6) is 1.31. The summed E-state index contributed by atoms with van der Waals surface area (Å²) in [6.07, 6.45) is 5.72. The number of fused-ring (bicyclic) bond motifs is 1. The van der Waals surface area contributed by atoms with Crippen molar-refractivity contribution in [3.63, 3.8) is 0 Å². The summed E-state index contributed by atoms with van der Waals surface area (Å²) in [5, 5.41) is 3.05. The van der Waals surface area contributed by atoms with E-state index in [2.05, 4.69) is 24.1 Å². The molecule has 0 fully saturated rings. The lowest BCUT2D eigenvalue weighted by Crippen LogP contribution is -2.29. The minimum absolute atomic E-state index is 0.0818. The van der Waals surface area contributed by atoms with Crippen LogP contribution in [0.4, 0.5) is 0 Å². The first-order valence-corrected chi connectivity index (χ1v) is 8.75. The van der Waals surface area contributed by atoms with Crippen molar-refractivity contribution in [2.24, 2.45) is 5.92 Å². The van der Waals surface area contributed by atoms with Gasteiger partial charge in [-0.2, -0.15) is 0 Å². The molecule has 1 aromatic carbocycles. The Hall–Kier alpha value is -1.84. The van der Waals surface area contributed by atoms with Gasteiger partial charge in [0.25, 0.3) is 0 Å². The van der Waals surface area contributed by atoms with Crippen LogP contribution < -0.4 is 5.32 Å². The van der Waals surface area contributed by atoms with E-state index in [1.165, 1.54) is 19.3 Å². The SMILES string of the molecule is CCCC[C@H](CC)CNC(=O)CCc1nc2cc(C)ccc2o1. The van der Waals surface area contributed by atoms with Gasteiger partial charge in [0, 0.05) is 19.4 Å². The van der Waals surface area contributed by atoms with Crippen LogP contribution in [0.5, 0.6) is 0 Å². The summed E-state index contributed by atoms with van der Waals surface area (Å²) < 4.78 is 5.68. The topological polar surface area (TPSA) is 55.1 Å². The lowest BCUT2D eigenvalue weighted by molar-refractivity contribution is -0.121. The van der Waals surface area contributed by atoms with Crippen LogP contribution in [0.25, 0.3) is 11.1 Å². The Labute approximate surface area is 138 Å². The first-order chi connectivity index (χ1) is 11.1. The number of unbranched alkanes of at least 4 members (excludes halogenated alkanes) is 1. The van der Waals surface area contributed by atoms with Crippen molar-refractivity contribution in [3.05, 3.63) is 29.7 Å². The first kappa shape index (κ1) is 17.5. The number of benzene rings is 1. The largest absolute Gasteiger partial charge is 0.441 e. The van der Waals surface area contributed by atoms with Gasteiger partial charge in [0.1, 0.15) is 5.52 Å². The second kappa shape index (κ2) is 8.70. The molecule has 0 saturated carbocycles. The van der Waals surface area contributed by atoms with Crippen LogP contribution in [0.15, 0.2) is 22.6 Å². The molecule has 1 atom stereocenters. The molecule has 2 rings (SSSR count). The van der Waals surface area contributed by atoms with Gasteiger partial charge >= 0.3 is 0 Å². The maximum Gasteiger partial charge on any atom is 0.220 e. The molecule has 1 amide bonds. The van der Waals surface area contributed by atoms with Crippen molar-refractivity contribution in [3.8, 4) is 0 Å². The van der Waals surface area contributed by atoms with Gasteiger partial charge in [-0.1, -0.05) is 39.2 Å². The fourth-order valence-corrected chi connectivity index (χ4v) is 2.70. The third-order valence-electron chi connectivity index (χ3n) is 4.28. The molecule has 4 heteroatoms. The van der Waals surface area contributed by atoms with Crippen LogP contribution in [0.3, 0.4) is 0 Å². The van der Waals surface area contributed by atoms with Crippen molar-refractivity contribution in [2.45, 2.75) is 59.3 Å². The summed E-state index contributed by atoms with van der Waals surface area (Å²) in [4.78, 5) is 16.5. The highest BCUT2D eigenvalue weighted by molar-refractivity contribution is 5.76. The van der Waals surface area contributed by atoms with E-state index in [1.807, 2.05) is 25.1 Å². The molecule has 0 aliphatic carbocycles. The smallest absolute Gasteiger partial charge is 0.220 e. The van der Waals surface area contributed by atoms with E-state index < -0.39 is 0 Å². The van der Waals surface area contributed by atoms with Crippen molar-refractivity contribution in [1.82, 2.24) is 10.3 Å². The minimum atomic E-state index is 0.0818. The predicted molar refractivity (Wildman–Crippen MR) is 93.4 cm³/mol. The van der Waals surface area contributed by atoms with Crippen molar-refractivity contribution in [2.75, 3.05) is 6.54 Å². The van der Waals surface area contributed by atoms with Gasteiger partial charge in [0.2, 0.25) is 5.91 Å². The number of nitrogens with zero attached hydrogens (tertiary/aromatic N) is 1. The average Bonchev–Trinajstić information content (AvgIpc) is 2.95. The van der Waals surface area contributed by atoms with Gasteiger partial charge in [-0.25, -0.2) is 4.98 Å². The fourth-order valence-electron chi connectivity index (χ4n) is 2.70. The number of oxazole rings is 1. The Morgan fingerprint density at radius 3 is 2.91 bits per heavy atom. The van der Waals surface area contributed by atoms with E-state index >= 15 is 0 Å². The van der Waals surface area contributed by atoms with Crippen LogP contribution in [0, 0.1) is 12.8 Å². The normalized spacial score (nSPS) is 12.5. The number of nitrogens with one attached hydrogen (secondary N) is 1. The highest BCUT2D eigenvalue weighted by atomic mass is 16.3. The van der Waals surface area contributed by atoms with Gasteiger partial charge in [-0.05, 0) is 37.0 Å². The summed E-state index contributed by atoms with van der Waals surface area (Å²) in [6, 6.07) is 5.94. The molecule has 0 aliphatic heterocycles. The standard InChI is InChI=1S/C19H28N2O2/c1-4-6-7-15(5-2)13-20-18(22)10-11-19-21-16-12-14(3)8-9-17(16)23-19/h8-9,12,15H,4-7,10-11,13H2,1-3H3,(H,20,22)/t15-/m0/s1. The number of carbonyl (C=O) groups is 1. The molecule has 126 valence electrons. The Morgan fingerprint density at radius 1 is 1.35 bits per heavy atom. The maximum absolute atomic E-state index is 12.0. The third-order valence-corrected chi connectivity index (χ3v) is 4.28. The van der Waals surface area contributed by atoms with E-state index in [1.54, 1.807) is 0 Å². The van der Waals surface area contributed by atoms with Crippen molar-refractivity contribution >= 4 is 17.0 Å². The number of hydrogen-bond acceptors (Lipinski definition) is 3. The number of aryl methyl sites for hydroxylation is 2. The summed E-state index contributed by atoms with van der Waals surface area (Å²) in [5.41, 5.74) is 2.82. The summed E-state index contributed by atoms with van der Waals surface area (Å²) >= 11 is 0. The van der Waals surface area contributed by atoms with Crippen LogP contribution in [0.1, 0.15) is 57.4 Å². The number of carbonyl (C=O) groups excluding carboxylic acids is 1. The molecule has 0 radical (unpaired) electrons. The quantitative estimate of drug-likeness (QED) is 0.746. The fraction of sp³-hybridized carbons (Fsp3) is 0.579. The van der Waals surface area contributed by atoms with Crippen LogP contribution >= 0.6 is 0 Å². The molecule has 0 spiro atoms. The van der Waals surface area contributed by atoms with Gasteiger partial charge in [-0.3, -0.25) is 4.79 Å². The lowest BCUT2D eigenvalue weighted by atomic mass is 9.99. The summed E-state index contributed by atoms with van der Waals surface area (Å²) in [7, 11) is 0. The minimum Gasteiger partial charge on any atom is -0.441 e. The molecule has 0 bridgehead atoms. The monoisotopic (exact) mass is 316 g/mol. The van der Waals surface area contributed by atoms with Gasteiger partial charge in [0.15, 0.2) is 11.5 Å². The zero-order valence-corrected chi connectivity index (χ0v) is 14.5. The Morgan fingerprint density at radius 2 is 2.17 bits per heavy atom. The second-order valence-electron chi connectivity index (χ2n) is 6.30. The number of hydrogen-bond donors (Lipinski definition) is 1. The van der Waals surface area contributed by atoms with E-state index in [0.29, 0.717) is 24.7 Å². The Bertz CT molecular complexity index is 633. The number of amides is 1. The molecule has 23 heavy (non-hydrogen) atoms.